The van der Waals surface area contributed by atoms with Crippen LogP contribution in [-0.4, -0.2) is 41.3 Å². The highest BCUT2D eigenvalue weighted by atomic mass is 35.5. The number of carbonyl (C=O) groups excluding carboxylic acids is 2. The molecule has 36 heavy (non-hydrogen) atoms. The maximum atomic E-state index is 13.7. The minimum atomic E-state index is -0.373. The van der Waals surface area contributed by atoms with Crippen molar-refractivity contribution in [2.45, 2.75) is 25.9 Å². The standard InChI is InChI=1S/C27H25ClN2O5S/c1-18-14-19(6-7-22(18)28)35-17-23-21-9-13-36-25(21)8-10-30(23)26(31)16-29(15-20-4-2-11-33-20)27(32)24-5-3-12-34-24/h2-7,9,11-14,23H,8,10,15-17H2,1H3/t23-/m0/s1. The summed E-state index contributed by atoms with van der Waals surface area (Å²) in [6.45, 7) is 2.80. The Kier molecular flexibility index (Phi) is 7.16. The van der Waals surface area contributed by atoms with Gasteiger partial charge < -0.3 is 23.4 Å². The van der Waals surface area contributed by atoms with E-state index in [9.17, 15) is 9.59 Å². The lowest BCUT2D eigenvalue weighted by atomic mass is 10.0. The molecule has 1 atom stereocenters. The van der Waals surface area contributed by atoms with Crippen LogP contribution in [0, 0.1) is 6.92 Å². The van der Waals surface area contributed by atoms with Crippen LogP contribution in [0.3, 0.4) is 0 Å². The minimum Gasteiger partial charge on any atom is -0.491 e. The fourth-order valence-electron chi connectivity index (χ4n) is 4.36. The molecule has 7 nitrogen and oxygen atoms in total. The molecule has 1 aliphatic heterocycles. The molecule has 0 N–H and O–H groups in total. The van der Waals surface area contributed by atoms with Gasteiger partial charge in [-0.25, -0.2) is 0 Å². The van der Waals surface area contributed by atoms with E-state index in [2.05, 4.69) is 6.07 Å². The Morgan fingerprint density at radius 2 is 2.00 bits per heavy atom. The summed E-state index contributed by atoms with van der Waals surface area (Å²) in [4.78, 5) is 31.3. The number of fused-ring (bicyclic) bond motifs is 1. The molecule has 4 aromatic rings. The number of rotatable bonds is 8. The fourth-order valence-corrected chi connectivity index (χ4v) is 5.40. The second-order valence-corrected chi connectivity index (χ2v) is 10.00. The van der Waals surface area contributed by atoms with Crippen LogP contribution in [0.2, 0.25) is 5.02 Å². The second-order valence-electron chi connectivity index (χ2n) is 8.59. The lowest BCUT2D eigenvalue weighted by molar-refractivity contribution is -0.135. The summed E-state index contributed by atoms with van der Waals surface area (Å²) < 4.78 is 16.9. The van der Waals surface area contributed by atoms with Gasteiger partial charge in [0.2, 0.25) is 5.91 Å². The van der Waals surface area contributed by atoms with Gasteiger partial charge in [0, 0.05) is 16.4 Å². The molecular formula is C27H25ClN2O5S. The van der Waals surface area contributed by atoms with Gasteiger partial charge in [-0.3, -0.25) is 9.59 Å². The normalized spacial score (nSPS) is 14.9. The number of benzene rings is 1. The van der Waals surface area contributed by atoms with Crippen LogP contribution in [-0.2, 0) is 17.8 Å². The zero-order valence-electron chi connectivity index (χ0n) is 19.7. The van der Waals surface area contributed by atoms with E-state index in [0.29, 0.717) is 29.7 Å². The molecule has 3 aromatic heterocycles. The smallest absolute Gasteiger partial charge is 0.290 e. The summed E-state index contributed by atoms with van der Waals surface area (Å²) >= 11 is 7.84. The van der Waals surface area contributed by atoms with E-state index < -0.39 is 0 Å². The van der Waals surface area contributed by atoms with Crippen molar-refractivity contribution in [3.8, 4) is 5.75 Å². The van der Waals surface area contributed by atoms with Crippen molar-refractivity contribution in [3.05, 3.63) is 99.0 Å². The Hall–Kier alpha value is -3.49. The number of ether oxygens (including phenoxy) is 1. The molecule has 186 valence electrons. The lowest BCUT2D eigenvalue weighted by Crippen LogP contribution is -2.47. The second kappa shape index (κ2) is 10.6. The van der Waals surface area contributed by atoms with Crippen molar-refractivity contribution < 1.29 is 23.2 Å². The molecule has 0 aliphatic carbocycles. The SMILES string of the molecule is Cc1cc(OC[C@H]2c3ccsc3CCN2C(=O)CN(Cc2ccco2)C(=O)c2ccco2)ccc1Cl. The van der Waals surface area contributed by atoms with Gasteiger partial charge in [0.15, 0.2) is 5.76 Å². The maximum Gasteiger partial charge on any atom is 0.290 e. The van der Waals surface area contributed by atoms with Gasteiger partial charge in [0.05, 0.1) is 25.1 Å². The number of furan rings is 2. The first-order valence-electron chi connectivity index (χ1n) is 11.6. The molecular weight excluding hydrogens is 500 g/mol. The summed E-state index contributed by atoms with van der Waals surface area (Å²) in [5.41, 5.74) is 2.01. The van der Waals surface area contributed by atoms with E-state index in [1.165, 1.54) is 16.0 Å². The molecule has 0 saturated heterocycles. The highest BCUT2D eigenvalue weighted by molar-refractivity contribution is 7.10. The first kappa shape index (κ1) is 24.2. The number of aryl methyl sites for hydroxylation is 1. The molecule has 1 aromatic carbocycles. The van der Waals surface area contributed by atoms with Crippen LogP contribution < -0.4 is 4.74 Å². The molecule has 0 bridgehead atoms. The van der Waals surface area contributed by atoms with E-state index in [1.54, 1.807) is 47.9 Å². The molecule has 9 heteroatoms. The average Bonchev–Trinajstić information content (AvgIpc) is 3.66. The molecule has 0 saturated carbocycles. The first-order chi connectivity index (χ1) is 17.5. The molecule has 0 radical (unpaired) electrons. The highest BCUT2D eigenvalue weighted by Gasteiger charge is 2.34. The first-order valence-corrected chi connectivity index (χ1v) is 12.8. The molecule has 4 heterocycles. The van der Waals surface area contributed by atoms with Crippen LogP contribution in [0.1, 0.15) is 38.4 Å². The van der Waals surface area contributed by atoms with Crippen molar-refractivity contribution in [3.63, 3.8) is 0 Å². The average molecular weight is 525 g/mol. The summed E-state index contributed by atoms with van der Waals surface area (Å²) in [6.07, 6.45) is 3.75. The molecule has 0 fully saturated rings. The summed E-state index contributed by atoms with van der Waals surface area (Å²) in [6, 6.07) is 14.1. The van der Waals surface area contributed by atoms with E-state index in [0.717, 1.165) is 17.5 Å². The topological polar surface area (TPSA) is 76.1 Å². The van der Waals surface area contributed by atoms with Gasteiger partial charge in [0.25, 0.3) is 5.91 Å². The van der Waals surface area contributed by atoms with Gasteiger partial charge in [-0.05, 0) is 78.4 Å². The third-order valence-corrected chi connectivity index (χ3v) is 7.65. The van der Waals surface area contributed by atoms with E-state index in [1.807, 2.05) is 29.3 Å². The number of halogens is 1. The Morgan fingerprint density at radius 3 is 2.75 bits per heavy atom. The van der Waals surface area contributed by atoms with Crippen LogP contribution in [0.4, 0.5) is 0 Å². The van der Waals surface area contributed by atoms with Gasteiger partial charge >= 0.3 is 0 Å². The molecule has 1 aliphatic rings. The van der Waals surface area contributed by atoms with Gasteiger partial charge in [0.1, 0.15) is 24.7 Å². The number of thiophene rings is 1. The predicted molar refractivity (Wildman–Crippen MR) is 136 cm³/mol. The van der Waals surface area contributed by atoms with Gasteiger partial charge in [-0.15, -0.1) is 11.3 Å². The minimum absolute atomic E-state index is 0.115. The van der Waals surface area contributed by atoms with E-state index in [-0.39, 0.29) is 36.7 Å². The fraction of sp³-hybridized carbons (Fsp3) is 0.259. The molecule has 2 amide bonds. The molecule has 5 rings (SSSR count). The Morgan fingerprint density at radius 1 is 1.17 bits per heavy atom. The van der Waals surface area contributed by atoms with Crippen LogP contribution >= 0.6 is 22.9 Å². The largest absolute Gasteiger partial charge is 0.491 e. The zero-order valence-corrected chi connectivity index (χ0v) is 21.3. The number of hydrogen-bond acceptors (Lipinski definition) is 6. The van der Waals surface area contributed by atoms with Crippen LogP contribution in [0.5, 0.6) is 5.75 Å². The number of hydrogen-bond donors (Lipinski definition) is 0. The van der Waals surface area contributed by atoms with Crippen LogP contribution in [0.25, 0.3) is 0 Å². The summed E-state index contributed by atoms with van der Waals surface area (Å²) in [5.74, 6) is 0.909. The lowest BCUT2D eigenvalue weighted by Gasteiger charge is -2.37. The number of carbonyl (C=O) groups is 2. The summed E-state index contributed by atoms with van der Waals surface area (Å²) in [5, 5.41) is 2.72. The quantitative estimate of drug-likeness (QED) is 0.293. The molecule has 0 spiro atoms. The Balaban J connectivity index is 1.36. The zero-order chi connectivity index (χ0) is 25.1. The van der Waals surface area contributed by atoms with Crippen molar-refractivity contribution in [1.29, 1.82) is 0 Å². The van der Waals surface area contributed by atoms with Crippen molar-refractivity contribution >= 4 is 34.8 Å². The predicted octanol–water partition coefficient (Wildman–Crippen LogP) is 5.74. The maximum absolute atomic E-state index is 13.7. The van der Waals surface area contributed by atoms with Crippen molar-refractivity contribution in [2.24, 2.45) is 0 Å². The van der Waals surface area contributed by atoms with E-state index in [4.69, 9.17) is 25.2 Å². The van der Waals surface area contributed by atoms with E-state index >= 15 is 0 Å². The van der Waals surface area contributed by atoms with Crippen molar-refractivity contribution in [1.82, 2.24) is 9.80 Å². The highest BCUT2D eigenvalue weighted by Crippen LogP contribution is 2.34. The molecule has 0 unspecified atom stereocenters. The van der Waals surface area contributed by atoms with Gasteiger partial charge in [-0.2, -0.15) is 0 Å². The van der Waals surface area contributed by atoms with Crippen LogP contribution in [0.15, 0.2) is 75.3 Å². The Bertz CT molecular complexity index is 1330. The number of amides is 2. The van der Waals surface area contributed by atoms with Crippen molar-refractivity contribution in [2.75, 3.05) is 19.7 Å². The third kappa shape index (κ3) is 5.20. The third-order valence-electron chi connectivity index (χ3n) is 6.22. The summed E-state index contributed by atoms with van der Waals surface area (Å²) in [7, 11) is 0. The number of nitrogens with zero attached hydrogens (tertiary/aromatic N) is 2. The Labute approximate surface area is 217 Å². The monoisotopic (exact) mass is 524 g/mol. The van der Waals surface area contributed by atoms with Gasteiger partial charge in [-0.1, -0.05) is 11.6 Å².